The predicted molar refractivity (Wildman–Crippen MR) is 68.7 cm³/mol. The van der Waals surface area contributed by atoms with Gasteiger partial charge in [-0.05, 0) is 12.1 Å². The Labute approximate surface area is 107 Å². The first kappa shape index (κ1) is 11.6. The number of thiophene rings is 1. The van der Waals surface area contributed by atoms with Crippen LogP contribution in [0.5, 0.6) is 0 Å². The van der Waals surface area contributed by atoms with Crippen molar-refractivity contribution in [2.45, 2.75) is 6.92 Å². The van der Waals surface area contributed by atoms with Gasteiger partial charge in [0.25, 0.3) is 0 Å². The molecule has 3 nitrogen and oxygen atoms in total. The zero-order chi connectivity index (χ0) is 11.9. The van der Waals surface area contributed by atoms with Crippen LogP contribution in [0.3, 0.4) is 0 Å². The minimum absolute atomic E-state index is 0.0335. The van der Waals surface area contributed by atoms with Crippen molar-refractivity contribution >= 4 is 55.7 Å². The third-order valence-electron chi connectivity index (χ3n) is 2.19. The van der Waals surface area contributed by atoms with Gasteiger partial charge in [-0.3, -0.25) is 4.79 Å². The Hall–Kier alpha value is -0.840. The monoisotopic (exact) mass is 274 g/mol. The van der Waals surface area contributed by atoms with E-state index in [9.17, 15) is 4.79 Å². The molecule has 2 rings (SSSR count). The van der Waals surface area contributed by atoms with Crippen molar-refractivity contribution in [3.8, 4) is 0 Å². The van der Waals surface area contributed by atoms with Gasteiger partial charge in [-0.15, -0.1) is 11.3 Å². The first-order chi connectivity index (χ1) is 7.49. The summed E-state index contributed by atoms with van der Waals surface area (Å²) in [6.07, 6.45) is 0. The van der Waals surface area contributed by atoms with Gasteiger partial charge in [0.2, 0.25) is 5.91 Å². The summed E-state index contributed by atoms with van der Waals surface area (Å²) in [6, 6.07) is 3.40. The molecular weight excluding hydrogens is 267 g/mol. The molecule has 2 aromatic rings. The summed E-state index contributed by atoms with van der Waals surface area (Å²) in [4.78, 5) is 16.9. The summed E-state index contributed by atoms with van der Waals surface area (Å²) >= 11 is 13.3. The number of halogens is 2. The average Bonchev–Trinajstić information content (AvgIpc) is 2.60. The number of carbonyl (C=O) groups excluding carboxylic acids is 1. The number of rotatable bonds is 1. The lowest BCUT2D eigenvalue weighted by Crippen LogP contribution is -2.21. The number of nitrogens with zero attached hydrogens (tertiary/aromatic N) is 2. The van der Waals surface area contributed by atoms with Gasteiger partial charge in [-0.2, -0.15) is 0 Å². The fourth-order valence-corrected chi connectivity index (χ4v) is 2.84. The minimum atomic E-state index is -0.0335. The van der Waals surface area contributed by atoms with Crippen LogP contribution in [0.2, 0.25) is 10.2 Å². The fraction of sp³-hybridized carbons (Fsp3) is 0.200. The van der Waals surface area contributed by atoms with E-state index in [-0.39, 0.29) is 5.91 Å². The maximum atomic E-state index is 11.2. The van der Waals surface area contributed by atoms with Crippen LogP contribution < -0.4 is 4.90 Å². The van der Waals surface area contributed by atoms with E-state index in [1.54, 1.807) is 24.1 Å². The maximum absolute atomic E-state index is 11.2. The van der Waals surface area contributed by atoms with Crippen LogP contribution in [-0.4, -0.2) is 17.9 Å². The molecule has 0 aliphatic rings. The number of amides is 1. The number of anilines is 1. The van der Waals surface area contributed by atoms with Crippen molar-refractivity contribution in [3.05, 3.63) is 22.3 Å². The summed E-state index contributed by atoms with van der Waals surface area (Å²) < 4.78 is 0.842. The van der Waals surface area contributed by atoms with Crippen LogP contribution in [-0.2, 0) is 4.79 Å². The molecule has 0 aliphatic heterocycles. The third kappa shape index (κ3) is 2.00. The molecular formula is C10H8Cl2N2OS. The molecule has 0 radical (unpaired) electrons. The van der Waals surface area contributed by atoms with Gasteiger partial charge in [-0.25, -0.2) is 4.98 Å². The molecule has 0 atom stereocenters. The maximum Gasteiger partial charge on any atom is 0.224 e. The van der Waals surface area contributed by atoms with Crippen LogP contribution in [0.4, 0.5) is 5.00 Å². The Morgan fingerprint density at radius 2 is 2.12 bits per heavy atom. The van der Waals surface area contributed by atoms with Gasteiger partial charge in [0.15, 0.2) is 0 Å². The summed E-state index contributed by atoms with van der Waals surface area (Å²) in [7, 11) is 1.71. The van der Waals surface area contributed by atoms with Gasteiger partial charge in [-0.1, -0.05) is 23.2 Å². The fourth-order valence-electron chi connectivity index (χ4n) is 1.26. The second-order valence-electron chi connectivity index (χ2n) is 3.30. The van der Waals surface area contributed by atoms with Crippen LogP contribution in [0.15, 0.2) is 12.1 Å². The van der Waals surface area contributed by atoms with E-state index in [0.29, 0.717) is 15.7 Å². The molecule has 0 fully saturated rings. The zero-order valence-electron chi connectivity index (χ0n) is 8.62. The summed E-state index contributed by atoms with van der Waals surface area (Å²) in [5.74, 6) is -0.0335. The molecule has 0 saturated heterocycles. The molecule has 2 heterocycles. The van der Waals surface area contributed by atoms with Crippen molar-refractivity contribution in [2.75, 3.05) is 11.9 Å². The highest BCUT2D eigenvalue weighted by molar-refractivity contribution is 7.23. The molecule has 0 aliphatic carbocycles. The number of pyridine rings is 1. The van der Waals surface area contributed by atoms with E-state index < -0.39 is 0 Å². The molecule has 84 valence electrons. The first-order valence-corrected chi connectivity index (χ1v) is 6.06. The van der Waals surface area contributed by atoms with Crippen molar-refractivity contribution in [2.24, 2.45) is 0 Å². The molecule has 0 N–H and O–H groups in total. The van der Waals surface area contributed by atoms with Crippen LogP contribution in [0.1, 0.15) is 6.92 Å². The molecule has 0 bridgehead atoms. The van der Waals surface area contributed by atoms with Crippen LogP contribution >= 0.6 is 34.5 Å². The van der Waals surface area contributed by atoms with Gasteiger partial charge in [0.1, 0.15) is 10.2 Å². The number of aromatic nitrogens is 1. The summed E-state index contributed by atoms with van der Waals surface area (Å²) in [5, 5.41) is 1.72. The van der Waals surface area contributed by atoms with E-state index in [2.05, 4.69) is 4.98 Å². The first-order valence-electron chi connectivity index (χ1n) is 4.49. The van der Waals surface area contributed by atoms with Crippen LogP contribution in [0, 0.1) is 0 Å². The van der Waals surface area contributed by atoms with Crippen molar-refractivity contribution in [1.82, 2.24) is 4.98 Å². The third-order valence-corrected chi connectivity index (χ3v) is 4.03. The number of hydrogen-bond acceptors (Lipinski definition) is 3. The number of hydrogen-bond donors (Lipinski definition) is 0. The lowest BCUT2D eigenvalue weighted by molar-refractivity contribution is -0.116. The molecule has 0 aromatic carbocycles. The molecule has 6 heteroatoms. The van der Waals surface area contributed by atoms with Crippen molar-refractivity contribution in [1.29, 1.82) is 0 Å². The molecule has 0 unspecified atom stereocenters. The second kappa shape index (κ2) is 4.20. The van der Waals surface area contributed by atoms with Gasteiger partial charge < -0.3 is 4.90 Å². The SMILES string of the molecule is CC(=O)N(C)c1cc2nc(Cl)cc(Cl)c2s1. The Bertz CT molecular complexity index is 567. The quantitative estimate of drug-likeness (QED) is 0.745. The lowest BCUT2D eigenvalue weighted by Gasteiger charge is -2.10. The van der Waals surface area contributed by atoms with Gasteiger partial charge >= 0.3 is 0 Å². The van der Waals surface area contributed by atoms with E-state index in [1.165, 1.54) is 18.3 Å². The van der Waals surface area contributed by atoms with E-state index in [1.807, 2.05) is 0 Å². The topological polar surface area (TPSA) is 33.2 Å². The smallest absolute Gasteiger partial charge is 0.224 e. The Morgan fingerprint density at radius 3 is 2.75 bits per heavy atom. The normalized spacial score (nSPS) is 10.8. The zero-order valence-corrected chi connectivity index (χ0v) is 10.9. The van der Waals surface area contributed by atoms with Crippen molar-refractivity contribution < 1.29 is 4.79 Å². The van der Waals surface area contributed by atoms with Gasteiger partial charge in [0.05, 0.1) is 15.2 Å². The molecule has 2 aromatic heterocycles. The molecule has 0 spiro atoms. The Morgan fingerprint density at radius 1 is 1.44 bits per heavy atom. The Balaban J connectivity index is 2.60. The van der Waals surface area contributed by atoms with Crippen LogP contribution in [0.25, 0.3) is 10.2 Å². The Kier molecular flexibility index (Phi) is 3.06. The molecule has 1 amide bonds. The largest absolute Gasteiger partial charge is 0.307 e. The average molecular weight is 275 g/mol. The predicted octanol–water partition coefficient (Wildman–Crippen LogP) is 3.59. The standard InChI is InChI=1S/C10H8Cl2N2OS/c1-5(15)14(2)9-4-7-10(16-9)6(11)3-8(12)13-7/h3-4H,1-2H3. The van der Waals surface area contributed by atoms with E-state index >= 15 is 0 Å². The second-order valence-corrected chi connectivity index (χ2v) is 5.13. The summed E-state index contributed by atoms with van der Waals surface area (Å²) in [6.45, 7) is 1.51. The highest BCUT2D eigenvalue weighted by Gasteiger charge is 2.13. The van der Waals surface area contributed by atoms with Crippen molar-refractivity contribution in [3.63, 3.8) is 0 Å². The highest BCUT2D eigenvalue weighted by atomic mass is 35.5. The number of fused-ring (bicyclic) bond motifs is 1. The van der Waals surface area contributed by atoms with E-state index in [4.69, 9.17) is 23.2 Å². The molecule has 0 saturated carbocycles. The number of carbonyl (C=O) groups is 1. The minimum Gasteiger partial charge on any atom is -0.307 e. The lowest BCUT2D eigenvalue weighted by atomic mass is 10.4. The van der Waals surface area contributed by atoms with Gasteiger partial charge in [0, 0.05) is 14.0 Å². The molecule has 16 heavy (non-hydrogen) atoms. The highest BCUT2D eigenvalue weighted by Crippen LogP contribution is 2.36. The summed E-state index contributed by atoms with van der Waals surface area (Å²) in [5.41, 5.74) is 0.714. The van der Waals surface area contributed by atoms with E-state index in [0.717, 1.165) is 9.70 Å².